The van der Waals surface area contributed by atoms with E-state index in [1.54, 1.807) is 12.1 Å². The van der Waals surface area contributed by atoms with Crippen LogP contribution in [-0.2, 0) is 4.74 Å². The van der Waals surface area contributed by atoms with Gasteiger partial charge in [-0.2, -0.15) is 0 Å². The average Bonchev–Trinajstić information content (AvgIpc) is 2.23. The van der Waals surface area contributed by atoms with E-state index < -0.39 is 0 Å². The molecule has 1 saturated heterocycles. The lowest BCUT2D eigenvalue weighted by Crippen LogP contribution is -2.33. The fraction of sp³-hybridized carbons (Fsp3) is 0.250. The van der Waals surface area contributed by atoms with Crippen LogP contribution in [0.3, 0.4) is 0 Å². The van der Waals surface area contributed by atoms with Crippen LogP contribution in [0.5, 0.6) is 0 Å². The van der Waals surface area contributed by atoms with Crippen molar-refractivity contribution in [3.63, 3.8) is 0 Å². The Kier molecular flexibility index (Phi) is 4.52. The van der Waals surface area contributed by atoms with E-state index in [4.69, 9.17) is 0 Å². The lowest BCUT2D eigenvalue weighted by molar-refractivity contribution is 0.0601. The first-order chi connectivity index (χ1) is 7.29. The molecule has 0 spiro atoms. The molecule has 2 rings (SSSR count). The molecule has 0 aliphatic carbocycles. The van der Waals surface area contributed by atoms with E-state index in [0.717, 1.165) is 18.7 Å². The molecule has 1 fully saturated rings. The van der Waals surface area contributed by atoms with Crippen LogP contribution >= 0.6 is 12.4 Å². The Bertz CT molecular complexity index is 392. The zero-order chi connectivity index (χ0) is 10.7. The summed E-state index contributed by atoms with van der Waals surface area (Å²) in [7, 11) is 1.39. The van der Waals surface area contributed by atoms with Crippen LogP contribution in [0.4, 0.5) is 0 Å². The minimum Gasteiger partial charge on any atom is -0.465 e. The number of hydrogen-bond acceptors (Lipinski definition) is 3. The summed E-state index contributed by atoms with van der Waals surface area (Å²) in [5.41, 5.74) is 3.10. The quantitative estimate of drug-likeness (QED) is 0.801. The van der Waals surface area contributed by atoms with E-state index in [0.29, 0.717) is 5.56 Å². The van der Waals surface area contributed by atoms with Gasteiger partial charge in [0.05, 0.1) is 12.7 Å². The van der Waals surface area contributed by atoms with Crippen LogP contribution in [0, 0.1) is 0 Å². The number of ether oxygens (including phenoxy) is 1. The van der Waals surface area contributed by atoms with E-state index in [-0.39, 0.29) is 18.4 Å². The van der Waals surface area contributed by atoms with Gasteiger partial charge >= 0.3 is 5.97 Å². The smallest absolute Gasteiger partial charge is 0.337 e. The maximum Gasteiger partial charge on any atom is 0.337 e. The fourth-order valence-corrected chi connectivity index (χ4v) is 1.44. The highest BCUT2D eigenvalue weighted by Crippen LogP contribution is 2.11. The molecule has 0 atom stereocenters. The zero-order valence-corrected chi connectivity index (χ0v) is 9.84. The number of halogens is 1. The summed E-state index contributed by atoms with van der Waals surface area (Å²) in [5, 5.41) is 3.18. The second-order valence-electron chi connectivity index (χ2n) is 3.52. The van der Waals surface area contributed by atoms with Crippen molar-refractivity contribution >= 4 is 24.5 Å². The van der Waals surface area contributed by atoms with Crippen LogP contribution in [0.15, 0.2) is 29.8 Å². The summed E-state index contributed by atoms with van der Waals surface area (Å²) in [5.74, 6) is -0.292. The Morgan fingerprint density at radius 1 is 1.31 bits per heavy atom. The number of methoxy groups -OCH3 is 1. The van der Waals surface area contributed by atoms with E-state index in [1.807, 2.05) is 12.1 Å². The molecule has 1 heterocycles. The minimum absolute atomic E-state index is 0. The first-order valence-corrected chi connectivity index (χ1v) is 4.88. The Morgan fingerprint density at radius 3 is 2.38 bits per heavy atom. The molecule has 0 amide bonds. The SMILES string of the molecule is COC(=O)c1ccc(C=C2CNC2)cc1.Cl. The summed E-state index contributed by atoms with van der Waals surface area (Å²) in [6.45, 7) is 1.94. The third-order valence-electron chi connectivity index (χ3n) is 2.41. The number of carbonyl (C=O) groups is 1. The molecule has 0 unspecified atom stereocenters. The van der Waals surface area contributed by atoms with Crippen LogP contribution in [-0.4, -0.2) is 26.2 Å². The molecule has 1 aromatic rings. The Hall–Kier alpha value is -1.32. The highest BCUT2D eigenvalue weighted by Gasteiger charge is 2.07. The van der Waals surface area contributed by atoms with Crippen LogP contribution < -0.4 is 5.32 Å². The molecule has 4 heteroatoms. The molecule has 0 radical (unpaired) electrons. The van der Waals surface area contributed by atoms with Crippen LogP contribution in [0.1, 0.15) is 15.9 Å². The van der Waals surface area contributed by atoms with Gasteiger partial charge in [0.25, 0.3) is 0 Å². The number of nitrogens with one attached hydrogen (secondary N) is 1. The zero-order valence-electron chi connectivity index (χ0n) is 9.03. The number of carbonyl (C=O) groups excluding carboxylic acids is 1. The Morgan fingerprint density at radius 2 is 1.94 bits per heavy atom. The molecule has 1 N–H and O–H groups in total. The van der Waals surface area contributed by atoms with Crippen LogP contribution in [0.25, 0.3) is 6.08 Å². The highest BCUT2D eigenvalue weighted by molar-refractivity contribution is 5.89. The maximum absolute atomic E-state index is 11.2. The van der Waals surface area contributed by atoms with Gasteiger partial charge < -0.3 is 10.1 Å². The first kappa shape index (κ1) is 12.7. The number of esters is 1. The Labute approximate surface area is 101 Å². The van der Waals surface area contributed by atoms with Crippen molar-refractivity contribution in [3.05, 3.63) is 41.0 Å². The predicted molar refractivity (Wildman–Crippen MR) is 65.9 cm³/mol. The van der Waals surface area contributed by atoms with E-state index in [9.17, 15) is 4.79 Å². The van der Waals surface area contributed by atoms with Crippen molar-refractivity contribution in [1.82, 2.24) is 5.32 Å². The number of hydrogen-bond donors (Lipinski definition) is 1. The van der Waals surface area contributed by atoms with Gasteiger partial charge in [-0.25, -0.2) is 4.79 Å². The van der Waals surface area contributed by atoms with Gasteiger partial charge in [0.15, 0.2) is 0 Å². The molecule has 1 aromatic carbocycles. The molecule has 1 aliphatic heterocycles. The lowest BCUT2D eigenvalue weighted by atomic mass is 10.1. The molecule has 0 saturated carbocycles. The Balaban J connectivity index is 0.00000128. The predicted octanol–water partition coefficient (Wildman–Crippen LogP) is 1.88. The summed E-state index contributed by atoms with van der Waals surface area (Å²) in [6.07, 6.45) is 2.14. The van der Waals surface area contributed by atoms with E-state index >= 15 is 0 Å². The highest BCUT2D eigenvalue weighted by atomic mass is 35.5. The fourth-order valence-electron chi connectivity index (χ4n) is 1.44. The van der Waals surface area contributed by atoms with Crippen molar-refractivity contribution < 1.29 is 9.53 Å². The van der Waals surface area contributed by atoms with Gasteiger partial charge in [0.2, 0.25) is 0 Å². The van der Waals surface area contributed by atoms with Gasteiger partial charge in [-0.05, 0) is 23.3 Å². The van der Waals surface area contributed by atoms with E-state index in [2.05, 4.69) is 16.1 Å². The van der Waals surface area contributed by atoms with Gasteiger partial charge in [0, 0.05) is 13.1 Å². The summed E-state index contributed by atoms with van der Waals surface area (Å²) in [4.78, 5) is 11.2. The van der Waals surface area contributed by atoms with Gasteiger partial charge in [0.1, 0.15) is 0 Å². The number of rotatable bonds is 2. The summed E-state index contributed by atoms with van der Waals surface area (Å²) in [6, 6.07) is 7.42. The van der Waals surface area contributed by atoms with E-state index in [1.165, 1.54) is 12.7 Å². The second kappa shape index (κ2) is 5.68. The van der Waals surface area contributed by atoms with Crippen molar-refractivity contribution in [2.24, 2.45) is 0 Å². The standard InChI is InChI=1S/C12H13NO2.ClH/c1-15-12(14)11-4-2-9(3-5-11)6-10-7-13-8-10;/h2-6,13H,7-8H2,1H3;1H. The monoisotopic (exact) mass is 239 g/mol. The molecule has 1 aliphatic rings. The summed E-state index contributed by atoms with van der Waals surface area (Å²) < 4.78 is 4.63. The molecule has 0 aromatic heterocycles. The number of benzene rings is 1. The van der Waals surface area contributed by atoms with Crippen molar-refractivity contribution in [2.45, 2.75) is 0 Å². The molecule has 16 heavy (non-hydrogen) atoms. The van der Waals surface area contributed by atoms with Crippen molar-refractivity contribution in [1.29, 1.82) is 0 Å². The van der Waals surface area contributed by atoms with Crippen molar-refractivity contribution in [2.75, 3.05) is 20.2 Å². The second-order valence-corrected chi connectivity index (χ2v) is 3.52. The normalized spacial score (nSPS) is 13.4. The summed E-state index contributed by atoms with van der Waals surface area (Å²) >= 11 is 0. The molecule has 3 nitrogen and oxygen atoms in total. The largest absolute Gasteiger partial charge is 0.465 e. The lowest BCUT2D eigenvalue weighted by Gasteiger charge is -2.18. The van der Waals surface area contributed by atoms with Crippen LogP contribution in [0.2, 0.25) is 0 Å². The third kappa shape index (κ3) is 2.84. The first-order valence-electron chi connectivity index (χ1n) is 4.88. The molecule has 86 valence electrons. The van der Waals surface area contributed by atoms with Gasteiger partial charge in [-0.1, -0.05) is 18.2 Å². The third-order valence-corrected chi connectivity index (χ3v) is 2.41. The molecule has 0 bridgehead atoms. The van der Waals surface area contributed by atoms with Gasteiger partial charge in [-0.15, -0.1) is 12.4 Å². The molecular formula is C12H14ClNO2. The average molecular weight is 240 g/mol. The molecular weight excluding hydrogens is 226 g/mol. The van der Waals surface area contributed by atoms with Crippen molar-refractivity contribution in [3.8, 4) is 0 Å². The maximum atomic E-state index is 11.2. The topological polar surface area (TPSA) is 38.3 Å². The van der Waals surface area contributed by atoms with Gasteiger partial charge in [-0.3, -0.25) is 0 Å². The minimum atomic E-state index is -0.292.